The van der Waals surface area contributed by atoms with Gasteiger partial charge >= 0.3 is 0 Å². The molecule has 0 aliphatic heterocycles. The second-order valence-electron chi connectivity index (χ2n) is 6.12. The summed E-state index contributed by atoms with van der Waals surface area (Å²) in [5.74, 6) is 0. The van der Waals surface area contributed by atoms with E-state index in [0.717, 1.165) is 13.1 Å². The summed E-state index contributed by atoms with van der Waals surface area (Å²) >= 11 is 0. The monoisotopic (exact) mass is 249 g/mol. The van der Waals surface area contributed by atoms with E-state index in [9.17, 15) is 0 Å². The maximum atomic E-state index is 4.40. The van der Waals surface area contributed by atoms with Gasteiger partial charge in [-0.3, -0.25) is 4.68 Å². The van der Waals surface area contributed by atoms with Crippen molar-refractivity contribution in [1.82, 2.24) is 15.1 Å². The van der Waals surface area contributed by atoms with Crippen molar-refractivity contribution in [3.05, 3.63) is 18.0 Å². The van der Waals surface area contributed by atoms with Gasteiger partial charge in [-0.25, -0.2) is 0 Å². The maximum absolute atomic E-state index is 4.40. The zero-order valence-corrected chi connectivity index (χ0v) is 12.1. The highest BCUT2D eigenvalue weighted by atomic mass is 15.3. The molecule has 1 aromatic rings. The summed E-state index contributed by atoms with van der Waals surface area (Å²) in [7, 11) is 0. The van der Waals surface area contributed by atoms with Gasteiger partial charge in [0.2, 0.25) is 0 Å². The van der Waals surface area contributed by atoms with Crippen LogP contribution >= 0.6 is 0 Å². The predicted octanol–water partition coefficient (Wildman–Crippen LogP) is 3.00. The first-order valence-electron chi connectivity index (χ1n) is 7.38. The molecule has 0 aromatic carbocycles. The second-order valence-corrected chi connectivity index (χ2v) is 6.12. The summed E-state index contributed by atoms with van der Waals surface area (Å²) in [6.45, 7) is 8.73. The van der Waals surface area contributed by atoms with E-state index in [2.05, 4.69) is 43.6 Å². The number of aryl methyl sites for hydroxylation is 1. The molecule has 0 spiro atoms. The Balaban J connectivity index is 2.01. The van der Waals surface area contributed by atoms with Crippen LogP contribution < -0.4 is 5.32 Å². The van der Waals surface area contributed by atoms with E-state index in [1.165, 1.54) is 37.7 Å². The van der Waals surface area contributed by atoms with Crippen molar-refractivity contribution < 1.29 is 0 Å². The predicted molar refractivity (Wildman–Crippen MR) is 75.6 cm³/mol. The summed E-state index contributed by atoms with van der Waals surface area (Å²) in [5.41, 5.74) is 1.88. The van der Waals surface area contributed by atoms with E-state index >= 15 is 0 Å². The zero-order chi connectivity index (χ0) is 13.0. The summed E-state index contributed by atoms with van der Waals surface area (Å²) in [5, 5.41) is 8.04. The van der Waals surface area contributed by atoms with Crippen molar-refractivity contribution in [2.24, 2.45) is 5.41 Å². The number of hydrogen-bond donors (Lipinski definition) is 1. The minimum atomic E-state index is 0.478. The Bertz CT molecular complexity index is 362. The van der Waals surface area contributed by atoms with Gasteiger partial charge in [-0.1, -0.05) is 26.7 Å². The van der Waals surface area contributed by atoms with Gasteiger partial charge in [0.25, 0.3) is 0 Å². The van der Waals surface area contributed by atoms with Crippen molar-refractivity contribution in [3.63, 3.8) is 0 Å². The fraction of sp³-hybridized carbons (Fsp3) is 0.800. The van der Waals surface area contributed by atoms with Gasteiger partial charge in [0.05, 0.1) is 6.20 Å². The summed E-state index contributed by atoms with van der Waals surface area (Å²) < 4.78 is 2.04. The smallest absolute Gasteiger partial charge is 0.0521 e. The zero-order valence-electron chi connectivity index (χ0n) is 12.1. The van der Waals surface area contributed by atoms with E-state index in [0.29, 0.717) is 11.5 Å². The number of hydrogen-bond acceptors (Lipinski definition) is 2. The van der Waals surface area contributed by atoms with Crippen molar-refractivity contribution in [2.75, 3.05) is 6.54 Å². The SMILES string of the molecule is CCn1cc(CC2(CNC(C)C)CCCC2)cn1. The van der Waals surface area contributed by atoms with Gasteiger partial charge in [0, 0.05) is 25.3 Å². The van der Waals surface area contributed by atoms with Crippen LogP contribution in [-0.4, -0.2) is 22.4 Å². The Kier molecular flexibility index (Phi) is 4.44. The van der Waals surface area contributed by atoms with E-state index in [-0.39, 0.29) is 0 Å². The van der Waals surface area contributed by atoms with Crippen molar-refractivity contribution in [3.8, 4) is 0 Å². The Labute approximate surface area is 111 Å². The van der Waals surface area contributed by atoms with E-state index in [1.807, 2.05) is 4.68 Å². The van der Waals surface area contributed by atoms with E-state index in [1.54, 1.807) is 0 Å². The fourth-order valence-corrected chi connectivity index (χ4v) is 3.07. The molecule has 0 radical (unpaired) electrons. The molecule has 2 rings (SSSR count). The van der Waals surface area contributed by atoms with Crippen LogP contribution in [0.3, 0.4) is 0 Å². The van der Waals surface area contributed by atoms with Crippen LogP contribution in [0.4, 0.5) is 0 Å². The van der Waals surface area contributed by atoms with Crippen LogP contribution in [0.1, 0.15) is 52.0 Å². The van der Waals surface area contributed by atoms with Crippen LogP contribution in [0.2, 0.25) is 0 Å². The molecule has 1 aromatic heterocycles. The van der Waals surface area contributed by atoms with Gasteiger partial charge in [-0.2, -0.15) is 5.10 Å². The standard InChI is InChI=1S/C15H27N3/c1-4-18-11-14(10-17-18)9-15(7-5-6-8-15)12-16-13(2)3/h10-11,13,16H,4-9,12H2,1-3H3. The van der Waals surface area contributed by atoms with Gasteiger partial charge in [-0.15, -0.1) is 0 Å². The van der Waals surface area contributed by atoms with Gasteiger partial charge < -0.3 is 5.32 Å². The molecule has 0 unspecified atom stereocenters. The summed E-state index contributed by atoms with van der Waals surface area (Å²) in [4.78, 5) is 0. The Morgan fingerprint density at radius 2 is 2.11 bits per heavy atom. The number of aromatic nitrogens is 2. The lowest BCUT2D eigenvalue weighted by molar-refractivity contribution is 0.269. The van der Waals surface area contributed by atoms with Gasteiger partial charge in [0.1, 0.15) is 0 Å². The quantitative estimate of drug-likeness (QED) is 0.840. The minimum absolute atomic E-state index is 0.478. The summed E-state index contributed by atoms with van der Waals surface area (Å²) in [6.07, 6.45) is 11.0. The van der Waals surface area contributed by atoms with Crippen LogP contribution in [0, 0.1) is 5.41 Å². The van der Waals surface area contributed by atoms with Crippen molar-refractivity contribution in [1.29, 1.82) is 0 Å². The van der Waals surface area contributed by atoms with E-state index < -0.39 is 0 Å². The summed E-state index contributed by atoms with van der Waals surface area (Å²) in [6, 6.07) is 0.584. The largest absolute Gasteiger partial charge is 0.314 e. The lowest BCUT2D eigenvalue weighted by Crippen LogP contribution is -2.37. The number of nitrogens with one attached hydrogen (secondary N) is 1. The van der Waals surface area contributed by atoms with Crippen LogP contribution in [0.15, 0.2) is 12.4 Å². The van der Waals surface area contributed by atoms with Crippen molar-refractivity contribution in [2.45, 2.75) is 65.5 Å². The average Bonchev–Trinajstić information content (AvgIpc) is 2.97. The third-order valence-corrected chi connectivity index (χ3v) is 4.14. The lowest BCUT2D eigenvalue weighted by Gasteiger charge is -2.30. The first kappa shape index (κ1) is 13.6. The molecular weight excluding hydrogens is 222 g/mol. The molecule has 1 saturated carbocycles. The molecule has 1 aliphatic carbocycles. The fourth-order valence-electron chi connectivity index (χ4n) is 3.07. The number of rotatable bonds is 6. The van der Waals surface area contributed by atoms with Crippen LogP contribution in [-0.2, 0) is 13.0 Å². The highest BCUT2D eigenvalue weighted by Crippen LogP contribution is 2.40. The molecule has 1 N–H and O–H groups in total. The molecule has 102 valence electrons. The molecule has 1 heterocycles. The Morgan fingerprint density at radius 3 is 2.67 bits per heavy atom. The van der Waals surface area contributed by atoms with E-state index in [4.69, 9.17) is 0 Å². The molecule has 1 aliphatic rings. The molecule has 1 fully saturated rings. The molecule has 0 bridgehead atoms. The van der Waals surface area contributed by atoms with Crippen molar-refractivity contribution >= 4 is 0 Å². The molecule has 3 heteroatoms. The maximum Gasteiger partial charge on any atom is 0.0521 e. The Hall–Kier alpha value is -0.830. The average molecular weight is 249 g/mol. The minimum Gasteiger partial charge on any atom is -0.314 e. The molecule has 0 saturated heterocycles. The molecule has 0 amide bonds. The topological polar surface area (TPSA) is 29.9 Å². The highest BCUT2D eigenvalue weighted by molar-refractivity contribution is 5.09. The highest BCUT2D eigenvalue weighted by Gasteiger charge is 2.34. The van der Waals surface area contributed by atoms with Crippen LogP contribution in [0.5, 0.6) is 0 Å². The lowest BCUT2D eigenvalue weighted by atomic mass is 9.80. The van der Waals surface area contributed by atoms with Gasteiger partial charge in [0.15, 0.2) is 0 Å². The first-order valence-corrected chi connectivity index (χ1v) is 7.38. The second kappa shape index (κ2) is 5.87. The third kappa shape index (κ3) is 3.35. The molecular formula is C15H27N3. The van der Waals surface area contributed by atoms with Gasteiger partial charge in [-0.05, 0) is 37.2 Å². The normalized spacial score (nSPS) is 18.7. The molecule has 18 heavy (non-hydrogen) atoms. The molecule has 3 nitrogen and oxygen atoms in total. The van der Waals surface area contributed by atoms with Crippen LogP contribution in [0.25, 0.3) is 0 Å². The number of nitrogens with zero attached hydrogens (tertiary/aromatic N) is 2. The molecule has 0 atom stereocenters. The third-order valence-electron chi connectivity index (χ3n) is 4.14. The first-order chi connectivity index (χ1) is 8.63. The Morgan fingerprint density at radius 1 is 1.39 bits per heavy atom.